The fourth-order valence-electron chi connectivity index (χ4n) is 7.81. The Morgan fingerprint density at radius 2 is 1.79 bits per heavy atom. The van der Waals surface area contributed by atoms with Gasteiger partial charge in [-0.1, -0.05) is 78.9 Å². The van der Waals surface area contributed by atoms with Crippen molar-refractivity contribution in [2.45, 2.75) is 63.7 Å². The number of rotatable bonds is 5. The molecular formula is C33H35N3O2. The molecule has 3 aliphatic carbocycles. The highest BCUT2D eigenvalue weighted by molar-refractivity contribution is 5.57. The number of benzene rings is 3. The normalized spacial score (nSPS) is 29.8. The summed E-state index contributed by atoms with van der Waals surface area (Å²) in [6.07, 6.45) is 7.00. The van der Waals surface area contributed by atoms with Crippen molar-refractivity contribution in [1.82, 2.24) is 15.0 Å². The molecule has 0 unspecified atom stereocenters. The van der Waals surface area contributed by atoms with E-state index in [0.717, 1.165) is 42.7 Å². The van der Waals surface area contributed by atoms with Crippen LogP contribution in [0.15, 0.2) is 85.1 Å². The lowest BCUT2D eigenvalue weighted by Crippen LogP contribution is -2.44. The maximum absolute atomic E-state index is 11.6. The monoisotopic (exact) mass is 505 g/mol. The van der Waals surface area contributed by atoms with Crippen molar-refractivity contribution in [1.29, 1.82) is 0 Å². The van der Waals surface area contributed by atoms with Crippen LogP contribution in [0.3, 0.4) is 0 Å². The van der Waals surface area contributed by atoms with Gasteiger partial charge < -0.3 is 9.84 Å². The lowest BCUT2D eigenvalue weighted by molar-refractivity contribution is -0.0321. The summed E-state index contributed by atoms with van der Waals surface area (Å²) in [6, 6.07) is 27.2. The Kier molecular flexibility index (Phi) is 5.85. The van der Waals surface area contributed by atoms with Gasteiger partial charge >= 0.3 is 0 Å². The van der Waals surface area contributed by atoms with E-state index in [1.165, 1.54) is 23.1 Å². The van der Waals surface area contributed by atoms with Crippen molar-refractivity contribution in [3.05, 3.63) is 102 Å². The van der Waals surface area contributed by atoms with Crippen molar-refractivity contribution in [3.63, 3.8) is 0 Å². The Labute approximate surface area is 224 Å². The molecule has 3 aliphatic rings. The van der Waals surface area contributed by atoms with Gasteiger partial charge in [-0.3, -0.25) is 0 Å². The maximum atomic E-state index is 11.6. The van der Waals surface area contributed by atoms with Gasteiger partial charge in [0.1, 0.15) is 18.1 Å². The van der Waals surface area contributed by atoms with Gasteiger partial charge in [-0.05, 0) is 84.1 Å². The third-order valence-corrected chi connectivity index (χ3v) is 9.84. The van der Waals surface area contributed by atoms with Crippen LogP contribution in [0.5, 0.6) is 5.75 Å². The minimum absolute atomic E-state index is 0.0242. The summed E-state index contributed by atoms with van der Waals surface area (Å²) >= 11 is 0. The number of hydrogen-bond donors (Lipinski definition) is 1. The summed E-state index contributed by atoms with van der Waals surface area (Å²) in [6.45, 7) is 2.92. The van der Waals surface area contributed by atoms with Gasteiger partial charge in [-0.2, -0.15) is 0 Å². The first-order valence-electron chi connectivity index (χ1n) is 14.0. The Balaban J connectivity index is 1.10. The van der Waals surface area contributed by atoms with E-state index in [0.29, 0.717) is 24.4 Å². The third kappa shape index (κ3) is 3.95. The van der Waals surface area contributed by atoms with Crippen LogP contribution in [0.25, 0.3) is 11.3 Å². The molecule has 0 spiro atoms. The number of aromatic nitrogens is 3. The van der Waals surface area contributed by atoms with Crippen LogP contribution in [0.4, 0.5) is 0 Å². The Morgan fingerprint density at radius 1 is 1.00 bits per heavy atom. The number of nitrogens with zero attached hydrogens (tertiary/aromatic N) is 3. The molecule has 2 saturated carbocycles. The molecule has 1 heterocycles. The van der Waals surface area contributed by atoms with Crippen molar-refractivity contribution in [3.8, 4) is 17.0 Å². The highest BCUT2D eigenvalue weighted by Crippen LogP contribution is 2.63. The van der Waals surface area contributed by atoms with E-state index in [4.69, 9.17) is 4.74 Å². The second kappa shape index (κ2) is 9.39. The first kappa shape index (κ1) is 23.7. The predicted octanol–water partition coefficient (Wildman–Crippen LogP) is 6.59. The third-order valence-electron chi connectivity index (χ3n) is 9.84. The molecule has 0 amide bonds. The Bertz CT molecular complexity index is 1420. The average Bonchev–Trinajstić information content (AvgIpc) is 3.55. The minimum Gasteiger partial charge on any atom is -0.489 e. The molecule has 5 nitrogen and oxygen atoms in total. The molecule has 0 radical (unpaired) electrons. The first-order valence-corrected chi connectivity index (χ1v) is 14.0. The van der Waals surface area contributed by atoms with Crippen molar-refractivity contribution < 1.29 is 9.84 Å². The van der Waals surface area contributed by atoms with E-state index in [-0.39, 0.29) is 11.5 Å². The number of ether oxygens (including phenoxy) is 1. The number of hydrogen-bond acceptors (Lipinski definition) is 4. The molecule has 5 heteroatoms. The zero-order valence-electron chi connectivity index (χ0n) is 21.9. The molecule has 194 valence electrons. The minimum atomic E-state index is -0.408. The lowest BCUT2D eigenvalue weighted by atomic mass is 9.55. The summed E-state index contributed by atoms with van der Waals surface area (Å²) in [5.41, 5.74) is 5.98. The van der Waals surface area contributed by atoms with E-state index in [2.05, 4.69) is 71.8 Å². The molecule has 7 rings (SSSR count). The zero-order chi connectivity index (χ0) is 25.7. The van der Waals surface area contributed by atoms with E-state index in [1.54, 1.807) is 0 Å². The average molecular weight is 506 g/mol. The van der Waals surface area contributed by atoms with Gasteiger partial charge in [0.05, 0.1) is 18.3 Å². The maximum Gasteiger partial charge on any atom is 0.120 e. The lowest BCUT2D eigenvalue weighted by Gasteiger charge is -2.50. The van der Waals surface area contributed by atoms with Crippen LogP contribution >= 0.6 is 0 Å². The summed E-state index contributed by atoms with van der Waals surface area (Å²) in [4.78, 5) is 0. The quantitative estimate of drug-likeness (QED) is 0.332. The van der Waals surface area contributed by atoms with Gasteiger partial charge in [0.25, 0.3) is 0 Å². The second-order valence-corrected chi connectivity index (χ2v) is 11.8. The first-order chi connectivity index (χ1) is 18.6. The van der Waals surface area contributed by atoms with Gasteiger partial charge in [0, 0.05) is 5.56 Å². The molecule has 0 saturated heterocycles. The fraction of sp³-hybridized carbons (Fsp3) is 0.394. The number of aliphatic hydroxyl groups is 1. The van der Waals surface area contributed by atoms with Crippen LogP contribution < -0.4 is 4.74 Å². The highest BCUT2D eigenvalue weighted by atomic mass is 16.5. The van der Waals surface area contributed by atoms with Gasteiger partial charge in [-0.25, -0.2) is 4.68 Å². The fourth-order valence-corrected chi connectivity index (χ4v) is 7.81. The number of fused-ring (bicyclic) bond motifs is 5. The topological polar surface area (TPSA) is 60.2 Å². The van der Waals surface area contributed by atoms with Crippen LogP contribution in [0.1, 0.15) is 61.3 Å². The van der Waals surface area contributed by atoms with Crippen LogP contribution in [-0.2, 0) is 13.0 Å². The van der Waals surface area contributed by atoms with Gasteiger partial charge in [0.15, 0.2) is 0 Å². The van der Waals surface area contributed by atoms with E-state index >= 15 is 0 Å². The summed E-state index contributed by atoms with van der Waals surface area (Å²) in [5, 5.41) is 20.6. The standard InChI is InChI=1S/C33H35N3O2/c1-33-17-16-27-26-15-13-25(38-21-22-8-4-2-5-9-22)18-24(26)12-14-28(27)29(33)19-31(32(33)37)36-20-30(34-35-36)23-10-6-3-7-11-23/h2-11,13,15,18,20,27-29,31-32,37H,12,14,16-17,19,21H2,1H3/t27-,28-,29+,31-,32-,33-/m1/s1. The number of aliphatic hydroxyl groups excluding tert-OH is 1. The smallest absolute Gasteiger partial charge is 0.120 e. The zero-order valence-corrected chi connectivity index (χ0v) is 21.9. The van der Waals surface area contributed by atoms with Crippen molar-refractivity contribution >= 4 is 0 Å². The Morgan fingerprint density at radius 3 is 2.61 bits per heavy atom. The molecule has 1 N–H and O–H groups in total. The van der Waals surface area contributed by atoms with E-state index in [1.807, 2.05) is 35.1 Å². The van der Waals surface area contributed by atoms with Crippen LogP contribution in [0, 0.1) is 17.3 Å². The highest BCUT2D eigenvalue weighted by Gasteiger charge is 2.58. The van der Waals surface area contributed by atoms with Gasteiger partial charge in [-0.15, -0.1) is 5.10 Å². The van der Waals surface area contributed by atoms with E-state index in [9.17, 15) is 5.11 Å². The molecule has 2 fully saturated rings. The van der Waals surface area contributed by atoms with Crippen molar-refractivity contribution in [2.24, 2.45) is 17.3 Å². The van der Waals surface area contributed by atoms with Crippen LogP contribution in [0.2, 0.25) is 0 Å². The molecule has 6 atom stereocenters. The molecule has 4 aromatic rings. The second-order valence-electron chi connectivity index (χ2n) is 11.8. The molecule has 38 heavy (non-hydrogen) atoms. The molecule has 3 aromatic carbocycles. The van der Waals surface area contributed by atoms with E-state index < -0.39 is 6.10 Å². The summed E-state index contributed by atoms with van der Waals surface area (Å²) in [7, 11) is 0. The van der Waals surface area contributed by atoms with Gasteiger partial charge in [0.2, 0.25) is 0 Å². The van der Waals surface area contributed by atoms with Crippen LogP contribution in [-0.4, -0.2) is 26.2 Å². The largest absolute Gasteiger partial charge is 0.489 e. The number of aryl methyl sites for hydroxylation is 1. The molecule has 1 aromatic heterocycles. The Hall–Kier alpha value is -3.44. The summed E-state index contributed by atoms with van der Waals surface area (Å²) in [5.74, 6) is 2.59. The molecule has 0 bridgehead atoms. The SMILES string of the molecule is C[C@@]12CC[C@@H]3c4ccc(OCc5ccccc5)cc4CC[C@H]3[C@@H]1C[C@@H](n1cc(-c3ccccc3)nn1)[C@H]2O. The predicted molar refractivity (Wildman–Crippen MR) is 148 cm³/mol. The van der Waals surface area contributed by atoms with Crippen molar-refractivity contribution in [2.75, 3.05) is 0 Å². The molecule has 0 aliphatic heterocycles. The molecular weight excluding hydrogens is 470 g/mol. The summed E-state index contributed by atoms with van der Waals surface area (Å²) < 4.78 is 8.09.